The summed E-state index contributed by atoms with van der Waals surface area (Å²) in [6, 6.07) is 14.6. The quantitative estimate of drug-likeness (QED) is 0.471. The molecule has 0 bridgehead atoms. The van der Waals surface area contributed by atoms with Crippen LogP contribution < -0.4 is 15.4 Å². The second-order valence-electron chi connectivity index (χ2n) is 7.68. The van der Waals surface area contributed by atoms with Crippen molar-refractivity contribution in [3.05, 3.63) is 48.5 Å². The molecule has 2 unspecified atom stereocenters. The third-order valence-corrected chi connectivity index (χ3v) is 5.84. The molecule has 2 amide bonds. The Morgan fingerprint density at radius 1 is 1.13 bits per heavy atom. The highest BCUT2D eigenvalue weighted by Crippen LogP contribution is 2.32. The number of carbonyl (C=O) groups excluding carboxylic acids is 1. The molecule has 162 valence electrons. The number of carbonyl (C=O) groups is 1. The van der Waals surface area contributed by atoms with Gasteiger partial charge in [0.25, 0.3) is 0 Å². The zero-order chi connectivity index (χ0) is 21.6. The van der Waals surface area contributed by atoms with Gasteiger partial charge in [-0.25, -0.2) is 4.79 Å². The Bertz CT molecular complexity index is 845. The molecule has 0 radical (unpaired) electrons. The van der Waals surface area contributed by atoms with Crippen molar-refractivity contribution >= 4 is 23.7 Å². The molecule has 0 saturated heterocycles. The Hall–Kier alpha value is -2.19. The molecule has 2 aromatic carbocycles. The van der Waals surface area contributed by atoms with Crippen molar-refractivity contribution in [1.29, 1.82) is 0 Å². The van der Waals surface area contributed by atoms with E-state index in [2.05, 4.69) is 22.3 Å². The molecule has 0 aromatic heterocycles. The zero-order valence-corrected chi connectivity index (χ0v) is 17.6. The molecular formula is C22H26F3N3OS. The summed E-state index contributed by atoms with van der Waals surface area (Å²) in [7, 11) is 0. The maximum Gasteiger partial charge on any atom is 0.402 e. The Labute approximate surface area is 179 Å². The van der Waals surface area contributed by atoms with Gasteiger partial charge in [0, 0.05) is 16.5 Å². The van der Waals surface area contributed by atoms with Crippen molar-refractivity contribution in [1.82, 2.24) is 10.0 Å². The summed E-state index contributed by atoms with van der Waals surface area (Å²) in [6.07, 6.45) is -0.0909. The lowest BCUT2D eigenvalue weighted by molar-refractivity contribution is -0.120. The lowest BCUT2D eigenvalue weighted by atomic mass is 9.87. The van der Waals surface area contributed by atoms with Crippen molar-refractivity contribution in [2.75, 3.05) is 11.9 Å². The highest BCUT2D eigenvalue weighted by molar-refractivity contribution is 7.97. The molecule has 0 aliphatic heterocycles. The Balaban J connectivity index is 1.74. The van der Waals surface area contributed by atoms with Crippen molar-refractivity contribution < 1.29 is 18.0 Å². The Morgan fingerprint density at radius 3 is 2.60 bits per heavy atom. The van der Waals surface area contributed by atoms with E-state index in [9.17, 15) is 18.0 Å². The first-order valence-corrected chi connectivity index (χ1v) is 10.9. The van der Waals surface area contributed by atoms with Crippen LogP contribution in [-0.2, 0) is 0 Å². The fraction of sp³-hybridized carbons (Fsp3) is 0.409. The lowest BCUT2D eigenvalue weighted by Crippen LogP contribution is -2.40. The van der Waals surface area contributed by atoms with E-state index in [-0.39, 0.29) is 12.1 Å². The van der Waals surface area contributed by atoms with Crippen molar-refractivity contribution in [2.45, 2.75) is 49.7 Å². The van der Waals surface area contributed by atoms with Crippen LogP contribution in [0.5, 0.6) is 0 Å². The number of urea groups is 1. The zero-order valence-electron chi connectivity index (χ0n) is 16.8. The normalized spacial score (nSPS) is 19.3. The molecule has 3 N–H and O–H groups in total. The fourth-order valence-corrected chi connectivity index (χ4v) is 4.39. The molecule has 2 aromatic rings. The Morgan fingerprint density at radius 2 is 1.90 bits per heavy atom. The molecular weight excluding hydrogens is 411 g/mol. The average molecular weight is 438 g/mol. The van der Waals surface area contributed by atoms with Crippen molar-refractivity contribution in [2.24, 2.45) is 5.92 Å². The predicted octanol–water partition coefficient (Wildman–Crippen LogP) is 6.21. The molecule has 1 saturated carbocycles. The third-order valence-electron chi connectivity index (χ3n) is 5.06. The Kier molecular flexibility index (Phi) is 7.66. The minimum atomic E-state index is -4.28. The van der Waals surface area contributed by atoms with Crippen LogP contribution in [-0.4, -0.2) is 24.8 Å². The highest BCUT2D eigenvalue weighted by Gasteiger charge is 2.26. The SMILES string of the molecule is CC1CCCC(NC(=O)Nc2cc(SNCC(F)(F)F)ccc2-c2ccccc2)C1. The molecule has 0 spiro atoms. The van der Waals surface area contributed by atoms with Gasteiger partial charge in [0.2, 0.25) is 0 Å². The van der Waals surface area contributed by atoms with Crippen LogP contribution in [0.15, 0.2) is 53.4 Å². The number of alkyl halides is 3. The molecule has 1 aliphatic rings. The molecule has 1 aliphatic carbocycles. The van der Waals surface area contributed by atoms with Gasteiger partial charge in [-0.15, -0.1) is 0 Å². The summed E-state index contributed by atoms with van der Waals surface area (Å²) in [6.45, 7) is 1.09. The van der Waals surface area contributed by atoms with Gasteiger partial charge >= 0.3 is 12.2 Å². The fourth-order valence-electron chi connectivity index (χ4n) is 3.67. The van der Waals surface area contributed by atoms with Gasteiger partial charge in [0.05, 0.1) is 5.69 Å². The van der Waals surface area contributed by atoms with Crippen LogP contribution >= 0.6 is 11.9 Å². The standard InChI is InChI=1S/C22H26F3N3OS/c1-15-6-5-9-17(12-15)27-21(29)28-20-13-18(30-26-14-22(23,24)25)10-11-19(20)16-7-3-2-4-8-16/h2-4,7-8,10-11,13,15,17,26H,5-6,9,12,14H2,1H3,(H2,27,28,29). The lowest BCUT2D eigenvalue weighted by Gasteiger charge is -2.27. The number of halogens is 3. The monoisotopic (exact) mass is 437 g/mol. The maximum absolute atomic E-state index is 12.6. The van der Waals surface area contributed by atoms with Gasteiger partial charge in [-0.05, 0) is 48.4 Å². The number of rotatable bonds is 6. The van der Waals surface area contributed by atoms with Gasteiger partial charge in [-0.3, -0.25) is 4.72 Å². The number of benzene rings is 2. The summed E-state index contributed by atoms with van der Waals surface area (Å²) in [4.78, 5) is 13.2. The molecule has 0 heterocycles. The molecule has 8 heteroatoms. The van der Waals surface area contributed by atoms with E-state index in [4.69, 9.17) is 0 Å². The van der Waals surface area contributed by atoms with Gasteiger partial charge in [0.15, 0.2) is 0 Å². The van der Waals surface area contributed by atoms with Crippen LogP contribution in [0.4, 0.5) is 23.7 Å². The van der Waals surface area contributed by atoms with Crippen LogP contribution in [0.2, 0.25) is 0 Å². The summed E-state index contributed by atoms with van der Waals surface area (Å²) in [5, 5.41) is 5.94. The minimum absolute atomic E-state index is 0.139. The van der Waals surface area contributed by atoms with E-state index < -0.39 is 12.7 Å². The number of hydrogen-bond donors (Lipinski definition) is 3. The average Bonchev–Trinajstić information content (AvgIpc) is 2.68. The van der Waals surface area contributed by atoms with Gasteiger partial charge in [0.1, 0.15) is 6.54 Å². The van der Waals surface area contributed by atoms with Crippen LogP contribution in [0, 0.1) is 5.92 Å². The first-order chi connectivity index (χ1) is 14.3. The van der Waals surface area contributed by atoms with E-state index in [1.807, 2.05) is 36.4 Å². The van der Waals surface area contributed by atoms with E-state index in [0.29, 0.717) is 16.5 Å². The number of anilines is 1. The number of amides is 2. The number of nitrogens with one attached hydrogen (secondary N) is 3. The first-order valence-electron chi connectivity index (χ1n) is 10.0. The maximum atomic E-state index is 12.6. The van der Waals surface area contributed by atoms with Crippen LogP contribution in [0.1, 0.15) is 32.6 Å². The minimum Gasteiger partial charge on any atom is -0.335 e. The van der Waals surface area contributed by atoms with E-state index >= 15 is 0 Å². The van der Waals surface area contributed by atoms with Crippen LogP contribution in [0.3, 0.4) is 0 Å². The number of hydrogen-bond acceptors (Lipinski definition) is 3. The van der Waals surface area contributed by atoms with Crippen molar-refractivity contribution in [3.63, 3.8) is 0 Å². The molecule has 4 nitrogen and oxygen atoms in total. The largest absolute Gasteiger partial charge is 0.402 e. The van der Waals surface area contributed by atoms with E-state index in [1.165, 1.54) is 6.42 Å². The summed E-state index contributed by atoms with van der Waals surface area (Å²) in [5.41, 5.74) is 2.28. The predicted molar refractivity (Wildman–Crippen MR) is 115 cm³/mol. The molecule has 2 atom stereocenters. The van der Waals surface area contributed by atoms with Gasteiger partial charge in [-0.1, -0.05) is 56.2 Å². The van der Waals surface area contributed by atoms with E-state index in [0.717, 1.165) is 42.3 Å². The first kappa shape index (κ1) is 22.5. The summed E-state index contributed by atoms with van der Waals surface area (Å²) < 4.78 is 39.5. The summed E-state index contributed by atoms with van der Waals surface area (Å²) >= 11 is 0.887. The molecule has 3 rings (SSSR count). The molecule has 30 heavy (non-hydrogen) atoms. The second kappa shape index (κ2) is 10.2. The third kappa shape index (κ3) is 6.95. The van der Waals surface area contributed by atoms with Gasteiger partial charge < -0.3 is 10.6 Å². The smallest absolute Gasteiger partial charge is 0.335 e. The summed E-state index contributed by atoms with van der Waals surface area (Å²) in [5.74, 6) is 0.586. The molecule has 1 fully saturated rings. The van der Waals surface area contributed by atoms with Gasteiger partial charge in [-0.2, -0.15) is 13.2 Å². The topological polar surface area (TPSA) is 53.2 Å². The van der Waals surface area contributed by atoms with Crippen molar-refractivity contribution in [3.8, 4) is 11.1 Å². The highest BCUT2D eigenvalue weighted by atomic mass is 32.2. The van der Waals surface area contributed by atoms with E-state index in [1.54, 1.807) is 12.1 Å². The van der Waals surface area contributed by atoms with Crippen LogP contribution in [0.25, 0.3) is 11.1 Å². The second-order valence-corrected chi connectivity index (χ2v) is 8.64.